The molecule has 94 valence electrons. The van der Waals surface area contributed by atoms with Crippen LogP contribution in [-0.2, 0) is 6.54 Å². The summed E-state index contributed by atoms with van der Waals surface area (Å²) >= 11 is 1.74. The van der Waals surface area contributed by atoms with Crippen LogP contribution in [0.25, 0.3) is 0 Å². The number of nitrogens with zero attached hydrogens (tertiary/aromatic N) is 2. The fraction of sp³-hybridized carbons (Fsp3) is 0.727. The molecule has 0 radical (unpaired) electrons. The monoisotopic (exact) mass is 263 g/mol. The minimum absolute atomic E-state index is 0. The van der Waals surface area contributed by atoms with Gasteiger partial charge in [0, 0.05) is 37.3 Å². The van der Waals surface area contributed by atoms with Crippen molar-refractivity contribution in [3.05, 3.63) is 11.1 Å². The zero-order valence-electron chi connectivity index (χ0n) is 10.7. The van der Waals surface area contributed by atoms with Gasteiger partial charge in [-0.05, 0) is 20.3 Å². The molecule has 1 N–H and O–H groups in total. The number of thiazole rings is 1. The van der Waals surface area contributed by atoms with Crippen LogP contribution in [0.3, 0.4) is 0 Å². The van der Waals surface area contributed by atoms with Gasteiger partial charge in [-0.15, -0.1) is 23.7 Å². The number of hydrogen-bond acceptors (Lipinski definition) is 4. The molecule has 1 aromatic heterocycles. The molecule has 0 unspecified atom stereocenters. The van der Waals surface area contributed by atoms with Crippen LogP contribution in [0.2, 0.25) is 0 Å². The average molecular weight is 264 g/mol. The maximum atomic E-state index is 4.35. The van der Waals surface area contributed by atoms with E-state index in [1.807, 2.05) is 25.2 Å². The van der Waals surface area contributed by atoms with Crippen molar-refractivity contribution in [3.63, 3.8) is 0 Å². The van der Waals surface area contributed by atoms with E-state index in [4.69, 9.17) is 0 Å². The number of rotatable bonds is 5. The van der Waals surface area contributed by atoms with Crippen molar-refractivity contribution in [2.75, 3.05) is 19.0 Å². The molecule has 1 heterocycles. The molecule has 0 spiro atoms. The summed E-state index contributed by atoms with van der Waals surface area (Å²) in [6.07, 6.45) is 3.09. The van der Waals surface area contributed by atoms with Gasteiger partial charge >= 0.3 is 0 Å². The summed E-state index contributed by atoms with van der Waals surface area (Å²) in [5.41, 5.74) is 0.211. The Labute approximate surface area is 109 Å². The minimum Gasteiger partial charge on any atom is -0.354 e. The fourth-order valence-electron chi connectivity index (χ4n) is 1.04. The Balaban J connectivity index is 0.00000225. The molecule has 0 fully saturated rings. The first-order chi connectivity index (χ1) is 6.94. The Morgan fingerprint density at radius 1 is 1.44 bits per heavy atom. The van der Waals surface area contributed by atoms with E-state index < -0.39 is 0 Å². The topological polar surface area (TPSA) is 28.2 Å². The highest BCUT2D eigenvalue weighted by molar-refractivity contribution is 7.15. The third kappa shape index (κ3) is 4.68. The SMILES string of the molecule is CCC(C)(C)NCc1cnc(N(C)C)s1.Cl. The first kappa shape index (κ1) is 15.7. The van der Waals surface area contributed by atoms with Gasteiger partial charge < -0.3 is 10.2 Å². The van der Waals surface area contributed by atoms with Gasteiger partial charge in [0.15, 0.2) is 5.13 Å². The van der Waals surface area contributed by atoms with Gasteiger partial charge in [-0.1, -0.05) is 6.92 Å². The van der Waals surface area contributed by atoms with E-state index in [0.717, 1.165) is 18.1 Å². The second-order valence-electron chi connectivity index (χ2n) is 4.59. The van der Waals surface area contributed by atoms with Crippen molar-refractivity contribution in [1.82, 2.24) is 10.3 Å². The van der Waals surface area contributed by atoms with E-state index in [2.05, 4.69) is 31.1 Å². The zero-order valence-corrected chi connectivity index (χ0v) is 12.3. The third-order valence-electron chi connectivity index (χ3n) is 2.55. The lowest BCUT2D eigenvalue weighted by Gasteiger charge is -2.23. The lowest BCUT2D eigenvalue weighted by atomic mass is 10.0. The predicted molar refractivity (Wildman–Crippen MR) is 74.9 cm³/mol. The van der Waals surface area contributed by atoms with Crippen molar-refractivity contribution in [2.45, 2.75) is 39.3 Å². The van der Waals surface area contributed by atoms with Gasteiger partial charge in [-0.25, -0.2) is 4.98 Å². The molecule has 0 saturated heterocycles. The lowest BCUT2D eigenvalue weighted by Crippen LogP contribution is -2.37. The second-order valence-corrected chi connectivity index (χ2v) is 5.69. The van der Waals surface area contributed by atoms with Gasteiger partial charge in [0.25, 0.3) is 0 Å². The Kier molecular flexibility index (Phi) is 6.30. The summed E-state index contributed by atoms with van der Waals surface area (Å²) in [5.74, 6) is 0. The smallest absolute Gasteiger partial charge is 0.185 e. The molecule has 1 rings (SSSR count). The number of nitrogens with one attached hydrogen (secondary N) is 1. The van der Waals surface area contributed by atoms with Gasteiger partial charge in [-0.2, -0.15) is 0 Å². The van der Waals surface area contributed by atoms with Gasteiger partial charge in [-0.3, -0.25) is 0 Å². The molecule has 0 amide bonds. The molecular formula is C11H22ClN3S. The van der Waals surface area contributed by atoms with Crippen LogP contribution in [0.15, 0.2) is 6.20 Å². The van der Waals surface area contributed by atoms with Crippen LogP contribution in [0, 0.1) is 0 Å². The van der Waals surface area contributed by atoms with E-state index in [-0.39, 0.29) is 17.9 Å². The Morgan fingerprint density at radius 2 is 2.06 bits per heavy atom. The maximum absolute atomic E-state index is 4.35. The molecule has 0 saturated carbocycles. The van der Waals surface area contributed by atoms with Gasteiger partial charge in [0.2, 0.25) is 0 Å². The summed E-state index contributed by atoms with van der Waals surface area (Å²) in [6.45, 7) is 7.55. The molecule has 0 aliphatic heterocycles. The molecule has 5 heteroatoms. The Hall–Kier alpha value is -0.320. The summed E-state index contributed by atoms with van der Waals surface area (Å²) in [7, 11) is 4.04. The normalized spacial score (nSPS) is 11.1. The molecule has 16 heavy (non-hydrogen) atoms. The largest absolute Gasteiger partial charge is 0.354 e. The number of aromatic nitrogens is 1. The molecule has 0 bridgehead atoms. The van der Waals surface area contributed by atoms with Crippen molar-refractivity contribution in [2.24, 2.45) is 0 Å². The average Bonchev–Trinajstić information content (AvgIpc) is 2.63. The highest BCUT2D eigenvalue weighted by atomic mass is 35.5. The van der Waals surface area contributed by atoms with Crippen LogP contribution >= 0.6 is 23.7 Å². The number of halogens is 1. The van der Waals surface area contributed by atoms with E-state index in [0.29, 0.717) is 0 Å². The first-order valence-corrected chi connectivity index (χ1v) is 6.13. The molecule has 0 aliphatic carbocycles. The molecule has 0 atom stereocenters. The summed E-state index contributed by atoms with van der Waals surface area (Å²) in [4.78, 5) is 7.68. The van der Waals surface area contributed by atoms with E-state index >= 15 is 0 Å². The molecule has 0 aromatic carbocycles. The van der Waals surface area contributed by atoms with Crippen molar-refractivity contribution in [1.29, 1.82) is 0 Å². The van der Waals surface area contributed by atoms with E-state index in [1.165, 1.54) is 4.88 Å². The molecule has 1 aromatic rings. The summed E-state index contributed by atoms with van der Waals surface area (Å²) < 4.78 is 0. The highest BCUT2D eigenvalue weighted by Gasteiger charge is 2.14. The molecular weight excluding hydrogens is 242 g/mol. The van der Waals surface area contributed by atoms with Crippen molar-refractivity contribution >= 4 is 28.9 Å². The fourth-order valence-corrected chi connectivity index (χ4v) is 1.81. The summed E-state index contributed by atoms with van der Waals surface area (Å²) in [5, 5.41) is 4.60. The van der Waals surface area contributed by atoms with Crippen LogP contribution in [-0.4, -0.2) is 24.6 Å². The standard InChI is InChI=1S/C11H21N3S.ClH/c1-6-11(2,3)13-8-9-7-12-10(15-9)14(4)5;/h7,13H,6,8H2,1-5H3;1H. The quantitative estimate of drug-likeness (QED) is 0.886. The molecule has 0 aliphatic rings. The van der Waals surface area contributed by atoms with Crippen LogP contribution in [0.4, 0.5) is 5.13 Å². The van der Waals surface area contributed by atoms with E-state index in [1.54, 1.807) is 11.3 Å². The summed E-state index contributed by atoms with van der Waals surface area (Å²) in [6, 6.07) is 0. The van der Waals surface area contributed by atoms with Crippen molar-refractivity contribution in [3.8, 4) is 0 Å². The lowest BCUT2D eigenvalue weighted by molar-refractivity contribution is 0.376. The van der Waals surface area contributed by atoms with Crippen molar-refractivity contribution < 1.29 is 0 Å². The van der Waals surface area contributed by atoms with Gasteiger partial charge in [0.1, 0.15) is 0 Å². The minimum atomic E-state index is 0. The first-order valence-electron chi connectivity index (χ1n) is 5.31. The van der Waals surface area contributed by atoms with Crippen LogP contribution in [0.5, 0.6) is 0 Å². The van der Waals surface area contributed by atoms with Crippen LogP contribution < -0.4 is 10.2 Å². The van der Waals surface area contributed by atoms with Gasteiger partial charge in [0.05, 0.1) is 0 Å². The Bertz CT molecular complexity index is 310. The second kappa shape index (κ2) is 6.42. The highest BCUT2D eigenvalue weighted by Crippen LogP contribution is 2.21. The Morgan fingerprint density at radius 3 is 2.50 bits per heavy atom. The zero-order chi connectivity index (χ0) is 11.5. The number of anilines is 1. The van der Waals surface area contributed by atoms with Crippen LogP contribution in [0.1, 0.15) is 32.1 Å². The third-order valence-corrected chi connectivity index (χ3v) is 3.71. The maximum Gasteiger partial charge on any atom is 0.185 e. The molecule has 3 nitrogen and oxygen atoms in total. The predicted octanol–water partition coefficient (Wildman–Crippen LogP) is 2.91. The number of hydrogen-bond donors (Lipinski definition) is 1. The van der Waals surface area contributed by atoms with E-state index in [9.17, 15) is 0 Å².